The van der Waals surface area contributed by atoms with Gasteiger partial charge in [-0.1, -0.05) is 23.2 Å². The first-order chi connectivity index (χ1) is 9.50. The number of nitrogen functional groups attached to an aromatic ring is 1. The average Bonchev–Trinajstić information content (AvgIpc) is 2.68. The van der Waals surface area contributed by atoms with E-state index >= 15 is 0 Å². The Labute approximate surface area is 126 Å². The number of nitrogens with zero attached hydrogens (tertiary/aromatic N) is 1. The highest BCUT2D eigenvalue weighted by Gasteiger charge is 2.40. The van der Waals surface area contributed by atoms with Crippen LogP contribution < -0.4 is 10.6 Å². The molecule has 1 aliphatic heterocycles. The van der Waals surface area contributed by atoms with Gasteiger partial charge in [0, 0.05) is 11.1 Å². The number of rotatable bonds is 1. The Morgan fingerprint density at radius 2 is 1.45 bits per heavy atom. The molecule has 0 unspecified atom stereocenters. The maximum atomic E-state index is 12.4. The normalized spacial score (nSPS) is 18.8. The SMILES string of the molecule is Nc1cc(Cl)c(Cl)cc1N1C(=O)C2=C(CCCC2)C1=O. The molecule has 1 aliphatic carbocycles. The molecule has 2 N–H and O–H groups in total. The summed E-state index contributed by atoms with van der Waals surface area (Å²) in [5.74, 6) is -0.565. The minimum absolute atomic E-state index is 0.265. The first kappa shape index (κ1) is 13.5. The van der Waals surface area contributed by atoms with Gasteiger partial charge >= 0.3 is 0 Å². The van der Waals surface area contributed by atoms with E-state index in [0.717, 1.165) is 17.7 Å². The van der Waals surface area contributed by atoms with Gasteiger partial charge in [-0.25, -0.2) is 4.90 Å². The summed E-state index contributed by atoms with van der Waals surface area (Å²) in [5.41, 5.74) is 7.68. The van der Waals surface area contributed by atoms with Crippen molar-refractivity contribution >= 4 is 46.4 Å². The lowest BCUT2D eigenvalue weighted by atomic mass is 9.93. The molecule has 2 aliphatic rings. The highest BCUT2D eigenvalue weighted by molar-refractivity contribution is 6.43. The standard InChI is InChI=1S/C14H12Cl2N2O2/c15-9-5-11(17)12(6-10(9)16)18-13(19)7-3-1-2-4-8(7)14(18)20/h5-6H,1-4,17H2. The second-order valence-electron chi connectivity index (χ2n) is 4.94. The van der Waals surface area contributed by atoms with E-state index in [1.807, 2.05) is 0 Å². The van der Waals surface area contributed by atoms with Crippen molar-refractivity contribution in [2.24, 2.45) is 0 Å². The van der Waals surface area contributed by atoms with Gasteiger partial charge in [0.15, 0.2) is 0 Å². The van der Waals surface area contributed by atoms with Crippen LogP contribution in [0.25, 0.3) is 0 Å². The quantitative estimate of drug-likeness (QED) is 0.639. The van der Waals surface area contributed by atoms with Gasteiger partial charge in [-0.3, -0.25) is 9.59 Å². The number of anilines is 2. The third-order valence-corrected chi connectivity index (χ3v) is 4.42. The summed E-state index contributed by atoms with van der Waals surface area (Å²) in [7, 11) is 0. The minimum atomic E-state index is -0.283. The number of benzene rings is 1. The van der Waals surface area contributed by atoms with Gasteiger partial charge < -0.3 is 5.73 Å². The zero-order valence-electron chi connectivity index (χ0n) is 10.6. The summed E-state index contributed by atoms with van der Waals surface area (Å²) < 4.78 is 0. The van der Waals surface area contributed by atoms with Crippen molar-refractivity contribution in [2.45, 2.75) is 25.7 Å². The molecule has 1 aromatic carbocycles. The van der Waals surface area contributed by atoms with Gasteiger partial charge in [0.05, 0.1) is 21.4 Å². The van der Waals surface area contributed by atoms with Crippen LogP contribution in [0, 0.1) is 0 Å². The van der Waals surface area contributed by atoms with E-state index < -0.39 is 0 Å². The molecular formula is C14H12Cl2N2O2. The van der Waals surface area contributed by atoms with E-state index in [4.69, 9.17) is 28.9 Å². The van der Waals surface area contributed by atoms with Gasteiger partial charge in [0.2, 0.25) is 0 Å². The van der Waals surface area contributed by atoms with Crippen molar-refractivity contribution in [1.82, 2.24) is 0 Å². The van der Waals surface area contributed by atoms with Crippen LogP contribution in [0.15, 0.2) is 23.3 Å². The second kappa shape index (κ2) is 4.79. The van der Waals surface area contributed by atoms with E-state index in [-0.39, 0.29) is 22.5 Å². The lowest BCUT2D eigenvalue weighted by Gasteiger charge is -2.18. The van der Waals surface area contributed by atoms with Crippen LogP contribution in [-0.2, 0) is 9.59 Å². The number of nitrogens with two attached hydrogens (primary N) is 1. The van der Waals surface area contributed by atoms with Crippen molar-refractivity contribution in [3.05, 3.63) is 33.3 Å². The zero-order chi connectivity index (χ0) is 14.4. The van der Waals surface area contributed by atoms with E-state index in [1.54, 1.807) is 0 Å². The Balaban J connectivity index is 2.07. The predicted octanol–water partition coefficient (Wildman–Crippen LogP) is 3.32. The Morgan fingerprint density at radius 1 is 0.950 bits per heavy atom. The summed E-state index contributed by atoms with van der Waals surface area (Å²) in [6, 6.07) is 2.92. The van der Waals surface area contributed by atoms with Crippen LogP contribution >= 0.6 is 23.2 Å². The third-order valence-electron chi connectivity index (χ3n) is 3.70. The Kier molecular flexibility index (Phi) is 3.22. The molecule has 1 heterocycles. The van der Waals surface area contributed by atoms with Gasteiger partial charge in [0.1, 0.15) is 0 Å². The van der Waals surface area contributed by atoms with Gasteiger partial charge in [-0.2, -0.15) is 0 Å². The maximum Gasteiger partial charge on any atom is 0.261 e. The van der Waals surface area contributed by atoms with Gasteiger partial charge in [-0.15, -0.1) is 0 Å². The van der Waals surface area contributed by atoms with Crippen LogP contribution in [0.2, 0.25) is 10.0 Å². The van der Waals surface area contributed by atoms with E-state index in [9.17, 15) is 9.59 Å². The van der Waals surface area contributed by atoms with E-state index in [1.165, 1.54) is 12.1 Å². The topological polar surface area (TPSA) is 63.4 Å². The molecule has 3 rings (SSSR count). The van der Waals surface area contributed by atoms with Crippen molar-refractivity contribution in [3.8, 4) is 0 Å². The number of hydrogen-bond acceptors (Lipinski definition) is 3. The Hall–Kier alpha value is -1.52. The molecule has 2 amide bonds. The molecule has 6 heteroatoms. The summed E-state index contributed by atoms with van der Waals surface area (Å²) in [6.07, 6.45) is 3.17. The fraction of sp³-hybridized carbons (Fsp3) is 0.286. The molecule has 1 aromatic rings. The molecule has 20 heavy (non-hydrogen) atoms. The van der Waals surface area contributed by atoms with Crippen LogP contribution in [0.3, 0.4) is 0 Å². The number of amides is 2. The molecule has 0 saturated carbocycles. The zero-order valence-corrected chi connectivity index (χ0v) is 12.1. The first-order valence-corrected chi connectivity index (χ1v) is 7.11. The molecule has 0 aromatic heterocycles. The number of hydrogen-bond donors (Lipinski definition) is 1. The van der Waals surface area contributed by atoms with Crippen LogP contribution in [0.4, 0.5) is 11.4 Å². The second-order valence-corrected chi connectivity index (χ2v) is 5.75. The summed E-state index contributed by atoms with van der Waals surface area (Å²) in [6.45, 7) is 0. The maximum absolute atomic E-state index is 12.4. The Bertz CT molecular complexity index is 639. The lowest BCUT2D eigenvalue weighted by Crippen LogP contribution is -2.32. The Morgan fingerprint density at radius 3 is 2.00 bits per heavy atom. The number of imide groups is 1. The highest BCUT2D eigenvalue weighted by Crippen LogP contribution is 2.40. The smallest absolute Gasteiger partial charge is 0.261 e. The molecule has 0 atom stereocenters. The lowest BCUT2D eigenvalue weighted by molar-refractivity contribution is -0.120. The molecular weight excluding hydrogens is 299 g/mol. The largest absolute Gasteiger partial charge is 0.397 e. The molecule has 104 valence electrons. The van der Waals surface area contributed by atoms with Crippen LogP contribution in [0.5, 0.6) is 0 Å². The first-order valence-electron chi connectivity index (χ1n) is 6.36. The summed E-state index contributed by atoms with van der Waals surface area (Å²) >= 11 is 11.8. The number of halogens is 2. The molecule has 0 bridgehead atoms. The molecule has 0 radical (unpaired) electrons. The fourth-order valence-electron chi connectivity index (χ4n) is 2.70. The van der Waals surface area contributed by atoms with Crippen molar-refractivity contribution < 1.29 is 9.59 Å². The van der Waals surface area contributed by atoms with Crippen molar-refractivity contribution in [1.29, 1.82) is 0 Å². The molecule has 0 fully saturated rings. The van der Waals surface area contributed by atoms with E-state index in [0.29, 0.717) is 34.7 Å². The monoisotopic (exact) mass is 310 g/mol. The molecule has 0 spiro atoms. The van der Waals surface area contributed by atoms with Gasteiger partial charge in [0.25, 0.3) is 11.8 Å². The van der Waals surface area contributed by atoms with Crippen molar-refractivity contribution in [3.63, 3.8) is 0 Å². The highest BCUT2D eigenvalue weighted by atomic mass is 35.5. The third kappa shape index (κ3) is 1.91. The summed E-state index contributed by atoms with van der Waals surface area (Å²) in [4.78, 5) is 25.9. The summed E-state index contributed by atoms with van der Waals surface area (Å²) in [5, 5.41) is 0.561. The van der Waals surface area contributed by atoms with Crippen molar-refractivity contribution in [2.75, 3.05) is 10.6 Å². The van der Waals surface area contributed by atoms with Crippen LogP contribution in [-0.4, -0.2) is 11.8 Å². The average molecular weight is 311 g/mol. The van der Waals surface area contributed by atoms with E-state index in [2.05, 4.69) is 0 Å². The fourth-order valence-corrected chi connectivity index (χ4v) is 3.03. The number of carbonyl (C=O) groups excluding carboxylic acids is 2. The predicted molar refractivity (Wildman–Crippen MR) is 78.9 cm³/mol. The van der Waals surface area contributed by atoms with Gasteiger partial charge in [-0.05, 0) is 37.8 Å². The van der Waals surface area contributed by atoms with Crippen LogP contribution in [0.1, 0.15) is 25.7 Å². The minimum Gasteiger partial charge on any atom is -0.397 e. The molecule has 4 nitrogen and oxygen atoms in total. The number of carbonyl (C=O) groups is 2. The molecule has 0 saturated heterocycles.